The molecule has 0 amide bonds. The molecule has 0 saturated heterocycles. The average molecular weight is 323 g/mol. The normalized spacial score (nSPS) is 12.8. The number of hydrogen-bond donors (Lipinski definition) is 1. The maximum atomic E-state index is 5.91. The third kappa shape index (κ3) is 4.41. The minimum atomic E-state index is 0.192. The molecule has 0 aliphatic carbocycles. The molecule has 0 aliphatic heterocycles. The Bertz CT molecular complexity index is 363. The number of nitrogens with zero attached hydrogens (tertiary/aromatic N) is 2. The van der Waals surface area contributed by atoms with Crippen molar-refractivity contribution in [3.8, 4) is 0 Å². The van der Waals surface area contributed by atoms with Crippen molar-refractivity contribution in [3.05, 3.63) is 16.0 Å². The highest BCUT2D eigenvalue weighted by molar-refractivity contribution is 9.10. The molecule has 0 spiro atoms. The fourth-order valence-electron chi connectivity index (χ4n) is 1.27. The largest absolute Gasteiger partial charge is 0.380 e. The maximum absolute atomic E-state index is 5.91. The number of rotatable bonds is 6. The highest BCUT2D eigenvalue weighted by atomic mass is 79.9. The fourth-order valence-corrected chi connectivity index (χ4v) is 1.72. The molecule has 17 heavy (non-hydrogen) atoms. The Morgan fingerprint density at radius 2 is 2.18 bits per heavy atom. The van der Waals surface area contributed by atoms with Crippen LogP contribution >= 0.6 is 27.5 Å². The van der Waals surface area contributed by atoms with E-state index in [9.17, 15) is 0 Å². The SMILES string of the molecule is CCOCC(Nc1ncnc(Cl)c1Br)C(C)C. The molecule has 4 nitrogen and oxygen atoms in total. The summed E-state index contributed by atoms with van der Waals surface area (Å²) in [5.41, 5.74) is 0. The molecule has 0 saturated carbocycles. The van der Waals surface area contributed by atoms with E-state index >= 15 is 0 Å². The summed E-state index contributed by atoms with van der Waals surface area (Å²) in [7, 11) is 0. The number of nitrogens with one attached hydrogen (secondary N) is 1. The Morgan fingerprint density at radius 1 is 1.47 bits per heavy atom. The summed E-state index contributed by atoms with van der Waals surface area (Å²) < 4.78 is 6.13. The van der Waals surface area contributed by atoms with Gasteiger partial charge < -0.3 is 10.1 Å². The highest BCUT2D eigenvalue weighted by Crippen LogP contribution is 2.27. The topological polar surface area (TPSA) is 47.0 Å². The van der Waals surface area contributed by atoms with Gasteiger partial charge in [-0.3, -0.25) is 0 Å². The molecule has 1 heterocycles. The van der Waals surface area contributed by atoms with Crippen LogP contribution in [0.5, 0.6) is 0 Å². The minimum absolute atomic E-state index is 0.192. The van der Waals surface area contributed by atoms with E-state index < -0.39 is 0 Å². The van der Waals surface area contributed by atoms with E-state index in [1.54, 1.807) is 0 Å². The van der Waals surface area contributed by atoms with Gasteiger partial charge in [0.25, 0.3) is 0 Å². The van der Waals surface area contributed by atoms with Crippen LogP contribution in [0.15, 0.2) is 10.8 Å². The molecule has 1 rings (SSSR count). The summed E-state index contributed by atoms with van der Waals surface area (Å²) in [6.07, 6.45) is 1.44. The Morgan fingerprint density at radius 3 is 2.76 bits per heavy atom. The third-order valence-electron chi connectivity index (χ3n) is 2.38. The number of hydrogen-bond acceptors (Lipinski definition) is 4. The Labute approximate surface area is 115 Å². The van der Waals surface area contributed by atoms with Crippen molar-refractivity contribution in [1.29, 1.82) is 0 Å². The van der Waals surface area contributed by atoms with Gasteiger partial charge in [0.15, 0.2) is 0 Å². The van der Waals surface area contributed by atoms with Gasteiger partial charge in [-0.25, -0.2) is 9.97 Å². The van der Waals surface area contributed by atoms with Gasteiger partial charge in [0.2, 0.25) is 0 Å². The van der Waals surface area contributed by atoms with E-state index in [0.29, 0.717) is 34.6 Å². The van der Waals surface area contributed by atoms with Crippen molar-refractivity contribution in [1.82, 2.24) is 9.97 Å². The second-order valence-corrected chi connectivity index (χ2v) is 5.13. The van der Waals surface area contributed by atoms with Crippen molar-refractivity contribution in [3.63, 3.8) is 0 Å². The first kappa shape index (κ1) is 14.7. The van der Waals surface area contributed by atoms with Crippen LogP contribution in [-0.2, 0) is 4.74 Å². The summed E-state index contributed by atoms with van der Waals surface area (Å²) in [6.45, 7) is 7.59. The van der Waals surface area contributed by atoms with Gasteiger partial charge >= 0.3 is 0 Å². The van der Waals surface area contributed by atoms with Gasteiger partial charge in [-0.15, -0.1) is 0 Å². The van der Waals surface area contributed by atoms with Crippen molar-refractivity contribution >= 4 is 33.3 Å². The van der Waals surface area contributed by atoms with Crippen LogP contribution < -0.4 is 5.32 Å². The van der Waals surface area contributed by atoms with Crippen LogP contribution in [0.1, 0.15) is 20.8 Å². The molecular weight excluding hydrogens is 305 g/mol. The summed E-state index contributed by atoms with van der Waals surface area (Å²) in [5, 5.41) is 3.72. The first-order valence-corrected chi connectivity index (χ1v) is 6.73. The molecule has 1 atom stereocenters. The fraction of sp³-hybridized carbons (Fsp3) is 0.636. The van der Waals surface area contributed by atoms with Crippen molar-refractivity contribution in [2.24, 2.45) is 5.92 Å². The predicted octanol–water partition coefficient (Wildman–Crippen LogP) is 3.37. The zero-order valence-electron chi connectivity index (χ0n) is 10.2. The lowest BCUT2D eigenvalue weighted by molar-refractivity contribution is 0.126. The van der Waals surface area contributed by atoms with Crippen LogP contribution in [0.2, 0.25) is 5.15 Å². The molecule has 96 valence electrons. The first-order valence-electron chi connectivity index (χ1n) is 5.56. The van der Waals surface area contributed by atoms with Crippen molar-refractivity contribution < 1.29 is 4.74 Å². The Balaban J connectivity index is 2.75. The third-order valence-corrected chi connectivity index (χ3v) is 3.64. The zero-order chi connectivity index (χ0) is 12.8. The van der Waals surface area contributed by atoms with E-state index in [2.05, 4.69) is 45.1 Å². The number of halogens is 2. The van der Waals surface area contributed by atoms with E-state index in [4.69, 9.17) is 16.3 Å². The van der Waals surface area contributed by atoms with Crippen molar-refractivity contribution in [2.45, 2.75) is 26.8 Å². The smallest absolute Gasteiger partial charge is 0.148 e. The van der Waals surface area contributed by atoms with E-state index in [0.717, 1.165) is 0 Å². The number of aromatic nitrogens is 2. The second kappa shape index (κ2) is 7.13. The Kier molecular flexibility index (Phi) is 6.16. The molecule has 0 radical (unpaired) electrons. The van der Waals surface area contributed by atoms with E-state index in [-0.39, 0.29) is 6.04 Å². The summed E-state index contributed by atoms with van der Waals surface area (Å²) in [5.74, 6) is 1.13. The number of anilines is 1. The zero-order valence-corrected chi connectivity index (χ0v) is 12.5. The van der Waals surface area contributed by atoms with E-state index in [1.807, 2.05) is 6.92 Å². The lowest BCUT2D eigenvalue weighted by atomic mass is 10.1. The van der Waals surface area contributed by atoms with Gasteiger partial charge in [0.05, 0.1) is 17.1 Å². The first-order chi connectivity index (χ1) is 8.06. The quantitative estimate of drug-likeness (QED) is 0.816. The summed E-state index contributed by atoms with van der Waals surface area (Å²) in [4.78, 5) is 8.05. The predicted molar refractivity (Wildman–Crippen MR) is 73.5 cm³/mol. The Hall–Kier alpha value is -0.390. The molecule has 0 aliphatic rings. The van der Waals surface area contributed by atoms with Crippen molar-refractivity contribution in [2.75, 3.05) is 18.5 Å². The second-order valence-electron chi connectivity index (χ2n) is 3.98. The summed E-state index contributed by atoms with van der Waals surface area (Å²) in [6, 6.07) is 0.192. The monoisotopic (exact) mass is 321 g/mol. The molecule has 6 heteroatoms. The van der Waals surface area contributed by atoms with Crippen LogP contribution in [0.3, 0.4) is 0 Å². The van der Waals surface area contributed by atoms with E-state index in [1.165, 1.54) is 6.33 Å². The van der Waals surface area contributed by atoms with Gasteiger partial charge in [0.1, 0.15) is 17.3 Å². The van der Waals surface area contributed by atoms with Gasteiger partial charge in [0, 0.05) is 6.61 Å². The van der Waals surface area contributed by atoms with Crippen LogP contribution in [0.4, 0.5) is 5.82 Å². The van der Waals surface area contributed by atoms with Gasteiger partial charge in [-0.05, 0) is 28.8 Å². The van der Waals surface area contributed by atoms with Gasteiger partial charge in [-0.2, -0.15) is 0 Å². The maximum Gasteiger partial charge on any atom is 0.148 e. The molecule has 1 aromatic rings. The molecular formula is C11H17BrClN3O. The highest BCUT2D eigenvalue weighted by Gasteiger charge is 2.16. The molecule has 0 fully saturated rings. The van der Waals surface area contributed by atoms with Gasteiger partial charge in [-0.1, -0.05) is 25.4 Å². The molecule has 1 aromatic heterocycles. The standard InChI is InChI=1S/C11H17BrClN3O/c1-4-17-5-8(7(2)3)16-11-9(12)10(13)14-6-15-11/h6-8H,4-5H2,1-3H3,(H,14,15,16). The van der Waals surface area contributed by atoms with Crippen LogP contribution in [0.25, 0.3) is 0 Å². The number of ether oxygens (including phenoxy) is 1. The average Bonchev–Trinajstić information content (AvgIpc) is 2.29. The molecule has 1 N–H and O–H groups in total. The molecule has 1 unspecified atom stereocenters. The lowest BCUT2D eigenvalue weighted by Crippen LogP contribution is -2.31. The summed E-state index contributed by atoms with van der Waals surface area (Å²) >= 11 is 9.28. The van der Waals surface area contributed by atoms with Crippen LogP contribution in [-0.4, -0.2) is 29.2 Å². The van der Waals surface area contributed by atoms with Crippen LogP contribution in [0, 0.1) is 5.92 Å². The molecule has 0 aromatic carbocycles. The minimum Gasteiger partial charge on any atom is -0.380 e. The molecule has 0 bridgehead atoms. The lowest BCUT2D eigenvalue weighted by Gasteiger charge is -2.23.